The summed E-state index contributed by atoms with van der Waals surface area (Å²) < 4.78 is 26.5. The summed E-state index contributed by atoms with van der Waals surface area (Å²) in [6, 6.07) is 4.36. The van der Waals surface area contributed by atoms with E-state index in [1.54, 1.807) is 6.07 Å². The molecule has 1 aromatic carbocycles. The fraction of sp³-hybridized carbons (Fsp3) is 0.571. The second-order valence-corrected chi connectivity index (χ2v) is 4.93. The van der Waals surface area contributed by atoms with E-state index < -0.39 is 11.6 Å². The lowest BCUT2D eigenvalue weighted by atomic mass is 9.91. The summed E-state index contributed by atoms with van der Waals surface area (Å²) in [7, 11) is 0. The van der Waals surface area contributed by atoms with Gasteiger partial charge in [0, 0.05) is 24.2 Å². The van der Waals surface area contributed by atoms with E-state index in [0.717, 1.165) is 19.0 Å². The Morgan fingerprint density at radius 3 is 2.61 bits per heavy atom. The second-order valence-electron chi connectivity index (χ2n) is 4.93. The Kier molecular flexibility index (Phi) is 4.66. The Morgan fingerprint density at radius 2 is 2.06 bits per heavy atom. The normalized spacial score (nSPS) is 16.0. The molecule has 0 spiro atoms. The van der Waals surface area contributed by atoms with Gasteiger partial charge >= 0.3 is 0 Å². The highest BCUT2D eigenvalue weighted by atomic mass is 19.1. The largest absolute Gasteiger partial charge is 0.330 e. The van der Waals surface area contributed by atoms with Crippen LogP contribution < -0.4 is 5.73 Å². The highest BCUT2D eigenvalue weighted by Gasteiger charge is 2.25. The molecule has 1 aromatic rings. The molecular weight excluding hydrogens is 234 g/mol. The Labute approximate surface area is 107 Å². The first-order valence-electron chi connectivity index (χ1n) is 6.58. The monoisotopic (exact) mass is 254 g/mol. The zero-order valence-electron chi connectivity index (χ0n) is 10.5. The Hall–Kier alpha value is -1.00. The molecule has 1 aliphatic carbocycles. The molecule has 0 aliphatic heterocycles. The standard InChI is InChI=1S/C14H20F2N2/c15-12-6-5-11(14(16)9-12)10-18(8-2-7-17)13-3-1-4-13/h5-6,9,13H,1-4,7-8,10,17H2. The van der Waals surface area contributed by atoms with E-state index in [2.05, 4.69) is 4.90 Å². The smallest absolute Gasteiger partial charge is 0.130 e. The van der Waals surface area contributed by atoms with Crippen molar-refractivity contribution in [2.24, 2.45) is 5.73 Å². The topological polar surface area (TPSA) is 29.3 Å². The van der Waals surface area contributed by atoms with Crippen molar-refractivity contribution in [1.82, 2.24) is 4.90 Å². The van der Waals surface area contributed by atoms with Gasteiger partial charge in [0.1, 0.15) is 11.6 Å². The lowest BCUT2D eigenvalue weighted by molar-refractivity contribution is 0.117. The number of halogens is 2. The van der Waals surface area contributed by atoms with Crippen LogP contribution in [0.2, 0.25) is 0 Å². The quantitative estimate of drug-likeness (QED) is 0.845. The van der Waals surface area contributed by atoms with Gasteiger partial charge in [-0.05, 0) is 38.4 Å². The van der Waals surface area contributed by atoms with Gasteiger partial charge in [0.15, 0.2) is 0 Å². The van der Waals surface area contributed by atoms with Crippen molar-refractivity contribution in [2.75, 3.05) is 13.1 Å². The van der Waals surface area contributed by atoms with E-state index in [0.29, 0.717) is 24.7 Å². The molecule has 4 heteroatoms. The van der Waals surface area contributed by atoms with Gasteiger partial charge in [0.05, 0.1) is 0 Å². The second kappa shape index (κ2) is 6.25. The summed E-state index contributed by atoms with van der Waals surface area (Å²) >= 11 is 0. The molecule has 2 nitrogen and oxygen atoms in total. The maximum atomic E-state index is 13.6. The molecule has 1 aliphatic rings. The number of hydrogen-bond acceptors (Lipinski definition) is 2. The van der Waals surface area contributed by atoms with E-state index in [1.165, 1.54) is 25.3 Å². The first-order valence-corrected chi connectivity index (χ1v) is 6.58. The first-order chi connectivity index (χ1) is 8.70. The average molecular weight is 254 g/mol. The minimum atomic E-state index is -0.520. The molecule has 0 bridgehead atoms. The van der Waals surface area contributed by atoms with Crippen molar-refractivity contribution in [3.63, 3.8) is 0 Å². The molecule has 18 heavy (non-hydrogen) atoms. The van der Waals surface area contributed by atoms with Crippen molar-refractivity contribution in [3.8, 4) is 0 Å². The van der Waals surface area contributed by atoms with Crippen molar-refractivity contribution in [3.05, 3.63) is 35.4 Å². The van der Waals surface area contributed by atoms with Crippen molar-refractivity contribution < 1.29 is 8.78 Å². The third-order valence-electron chi connectivity index (χ3n) is 3.63. The number of nitrogens with zero attached hydrogens (tertiary/aromatic N) is 1. The minimum absolute atomic E-state index is 0.452. The van der Waals surface area contributed by atoms with Crippen LogP contribution in [0.4, 0.5) is 8.78 Å². The molecule has 1 saturated carbocycles. The molecule has 2 N–H and O–H groups in total. The fourth-order valence-electron chi connectivity index (χ4n) is 2.31. The molecule has 0 aromatic heterocycles. The molecule has 0 radical (unpaired) electrons. The zero-order chi connectivity index (χ0) is 13.0. The lowest BCUT2D eigenvalue weighted by Crippen LogP contribution is -2.40. The lowest BCUT2D eigenvalue weighted by Gasteiger charge is -2.37. The van der Waals surface area contributed by atoms with Crippen LogP contribution in [0.15, 0.2) is 18.2 Å². The van der Waals surface area contributed by atoms with Crippen molar-refractivity contribution in [2.45, 2.75) is 38.3 Å². The highest BCUT2D eigenvalue weighted by Crippen LogP contribution is 2.26. The molecule has 2 rings (SSSR count). The third kappa shape index (κ3) is 3.27. The van der Waals surface area contributed by atoms with E-state index in [9.17, 15) is 8.78 Å². The number of rotatable bonds is 6. The summed E-state index contributed by atoms with van der Waals surface area (Å²) in [5.41, 5.74) is 6.10. The molecule has 0 unspecified atom stereocenters. The summed E-state index contributed by atoms with van der Waals surface area (Å²) in [5.74, 6) is -0.972. The van der Waals surface area contributed by atoms with Gasteiger partial charge in [-0.1, -0.05) is 12.5 Å². The van der Waals surface area contributed by atoms with Crippen LogP contribution in [-0.2, 0) is 6.54 Å². The van der Waals surface area contributed by atoms with Gasteiger partial charge in [-0.25, -0.2) is 8.78 Å². The van der Waals surface area contributed by atoms with Gasteiger partial charge < -0.3 is 5.73 Å². The molecule has 0 saturated heterocycles. The van der Waals surface area contributed by atoms with Crippen LogP contribution in [0.1, 0.15) is 31.2 Å². The van der Waals surface area contributed by atoms with Crippen molar-refractivity contribution in [1.29, 1.82) is 0 Å². The van der Waals surface area contributed by atoms with Crippen LogP contribution in [0.25, 0.3) is 0 Å². The molecule has 0 amide bonds. The molecule has 0 heterocycles. The summed E-state index contributed by atoms with van der Waals surface area (Å²) in [6.45, 7) is 2.09. The molecule has 0 atom stereocenters. The molecule has 100 valence electrons. The highest BCUT2D eigenvalue weighted by molar-refractivity contribution is 5.18. The van der Waals surface area contributed by atoms with Crippen molar-refractivity contribution >= 4 is 0 Å². The number of nitrogens with two attached hydrogens (primary N) is 1. The van der Waals surface area contributed by atoms with E-state index in [1.807, 2.05) is 0 Å². The van der Waals surface area contributed by atoms with Gasteiger partial charge in [-0.3, -0.25) is 4.90 Å². The number of hydrogen-bond donors (Lipinski definition) is 1. The van der Waals surface area contributed by atoms with Gasteiger partial charge in [0.25, 0.3) is 0 Å². The van der Waals surface area contributed by atoms with E-state index >= 15 is 0 Å². The average Bonchev–Trinajstić information content (AvgIpc) is 2.27. The maximum Gasteiger partial charge on any atom is 0.130 e. The van der Waals surface area contributed by atoms with Crippen LogP contribution in [0, 0.1) is 11.6 Å². The number of benzene rings is 1. The molecular formula is C14H20F2N2. The van der Waals surface area contributed by atoms with Gasteiger partial charge in [0.2, 0.25) is 0 Å². The third-order valence-corrected chi connectivity index (χ3v) is 3.63. The Bertz CT molecular complexity index is 391. The van der Waals surface area contributed by atoms with Crippen LogP contribution in [0.3, 0.4) is 0 Å². The van der Waals surface area contributed by atoms with Gasteiger partial charge in [-0.2, -0.15) is 0 Å². The Balaban J connectivity index is 2.02. The van der Waals surface area contributed by atoms with Crippen LogP contribution in [-0.4, -0.2) is 24.0 Å². The van der Waals surface area contributed by atoms with Gasteiger partial charge in [-0.15, -0.1) is 0 Å². The Morgan fingerprint density at radius 1 is 1.28 bits per heavy atom. The van der Waals surface area contributed by atoms with Crippen LogP contribution in [0.5, 0.6) is 0 Å². The zero-order valence-corrected chi connectivity index (χ0v) is 10.5. The molecule has 1 fully saturated rings. The SMILES string of the molecule is NCCCN(Cc1ccc(F)cc1F)C1CCC1. The predicted molar refractivity (Wildman–Crippen MR) is 68.1 cm³/mol. The summed E-state index contributed by atoms with van der Waals surface area (Å²) in [5, 5.41) is 0. The summed E-state index contributed by atoms with van der Waals surface area (Å²) in [4.78, 5) is 2.27. The van der Waals surface area contributed by atoms with Crippen LogP contribution >= 0.6 is 0 Å². The summed E-state index contributed by atoms with van der Waals surface area (Å²) in [6.07, 6.45) is 4.51. The first kappa shape index (κ1) is 13.4. The maximum absolute atomic E-state index is 13.6. The minimum Gasteiger partial charge on any atom is -0.330 e. The van der Waals surface area contributed by atoms with E-state index in [4.69, 9.17) is 5.73 Å². The fourth-order valence-corrected chi connectivity index (χ4v) is 2.31. The predicted octanol–water partition coefficient (Wildman–Crippen LogP) is 2.67. The van der Waals surface area contributed by atoms with E-state index in [-0.39, 0.29) is 0 Å².